The first-order valence-corrected chi connectivity index (χ1v) is 11.5. The number of piperidine rings is 1. The van der Waals surface area contributed by atoms with Crippen molar-refractivity contribution in [2.75, 3.05) is 26.7 Å². The number of nitrogens with one attached hydrogen (secondary N) is 1. The first-order valence-electron chi connectivity index (χ1n) is 11.5. The molecule has 2 saturated heterocycles. The minimum absolute atomic E-state index is 0.119. The van der Waals surface area contributed by atoms with Gasteiger partial charge in [-0.3, -0.25) is 14.4 Å². The Balaban J connectivity index is 1.41. The Kier molecular flexibility index (Phi) is 5.49. The van der Waals surface area contributed by atoms with E-state index in [-0.39, 0.29) is 41.2 Å². The van der Waals surface area contributed by atoms with Gasteiger partial charge in [0, 0.05) is 61.3 Å². The SMILES string of the molecule is COc1ccc([C@@H]2CN(C(=O)C3CCC3)[C@H]3CCN(C(=O)c4cc[nH]c(=O)c4)C[C@@H]23)cc1. The quantitative estimate of drug-likeness (QED) is 0.800. The summed E-state index contributed by atoms with van der Waals surface area (Å²) in [7, 11) is 1.65. The Morgan fingerprint density at radius 1 is 1.06 bits per heavy atom. The lowest BCUT2D eigenvalue weighted by molar-refractivity contribution is -0.139. The monoisotopic (exact) mass is 435 g/mol. The molecule has 3 fully saturated rings. The molecule has 1 saturated carbocycles. The van der Waals surface area contributed by atoms with Crippen LogP contribution < -0.4 is 10.3 Å². The summed E-state index contributed by atoms with van der Waals surface area (Å²) in [5, 5.41) is 0. The Bertz CT molecular complexity index is 1060. The first kappa shape index (κ1) is 20.8. The number of pyridine rings is 1. The van der Waals surface area contributed by atoms with Crippen LogP contribution in [0.4, 0.5) is 0 Å². The Labute approximate surface area is 187 Å². The van der Waals surface area contributed by atoms with Crippen LogP contribution in [0.3, 0.4) is 0 Å². The van der Waals surface area contributed by atoms with Crippen molar-refractivity contribution in [2.24, 2.45) is 11.8 Å². The van der Waals surface area contributed by atoms with Gasteiger partial charge in [-0.25, -0.2) is 0 Å². The van der Waals surface area contributed by atoms with Gasteiger partial charge in [0.15, 0.2) is 0 Å². The number of H-pyrrole nitrogens is 1. The van der Waals surface area contributed by atoms with Crippen LogP contribution in [-0.4, -0.2) is 59.4 Å². The van der Waals surface area contributed by atoms with Crippen LogP contribution in [0, 0.1) is 11.8 Å². The van der Waals surface area contributed by atoms with Gasteiger partial charge in [-0.2, -0.15) is 0 Å². The summed E-state index contributed by atoms with van der Waals surface area (Å²) in [6.45, 7) is 1.88. The van der Waals surface area contributed by atoms with Crippen molar-refractivity contribution in [1.82, 2.24) is 14.8 Å². The second-order valence-electron chi connectivity index (χ2n) is 9.21. The highest BCUT2D eigenvalue weighted by Gasteiger charge is 2.49. The zero-order valence-electron chi connectivity index (χ0n) is 18.3. The summed E-state index contributed by atoms with van der Waals surface area (Å²) in [5.74, 6) is 1.49. The molecule has 1 aliphatic carbocycles. The zero-order valence-corrected chi connectivity index (χ0v) is 18.3. The summed E-state index contributed by atoms with van der Waals surface area (Å²) < 4.78 is 5.31. The topological polar surface area (TPSA) is 82.7 Å². The first-order chi connectivity index (χ1) is 15.5. The van der Waals surface area contributed by atoms with Gasteiger partial charge < -0.3 is 19.5 Å². The molecule has 2 amide bonds. The van der Waals surface area contributed by atoms with Crippen molar-refractivity contribution in [3.63, 3.8) is 0 Å². The third-order valence-corrected chi connectivity index (χ3v) is 7.52. The highest BCUT2D eigenvalue weighted by molar-refractivity contribution is 5.94. The summed E-state index contributed by atoms with van der Waals surface area (Å²) in [6, 6.07) is 11.2. The number of carbonyl (C=O) groups excluding carboxylic acids is 2. The Morgan fingerprint density at radius 2 is 1.84 bits per heavy atom. The third kappa shape index (κ3) is 3.70. The van der Waals surface area contributed by atoms with E-state index >= 15 is 0 Å². The molecule has 3 aliphatic rings. The number of benzene rings is 1. The van der Waals surface area contributed by atoms with Gasteiger partial charge in [0.2, 0.25) is 11.5 Å². The number of carbonyl (C=O) groups is 2. The van der Waals surface area contributed by atoms with Gasteiger partial charge in [-0.05, 0) is 43.0 Å². The van der Waals surface area contributed by atoms with Crippen molar-refractivity contribution in [2.45, 2.75) is 37.6 Å². The van der Waals surface area contributed by atoms with Crippen molar-refractivity contribution in [1.29, 1.82) is 0 Å². The summed E-state index contributed by atoms with van der Waals surface area (Å²) in [4.78, 5) is 44.6. The molecule has 2 aromatic rings. The fourth-order valence-corrected chi connectivity index (χ4v) is 5.53. The number of fused-ring (bicyclic) bond motifs is 1. The molecule has 32 heavy (non-hydrogen) atoms. The smallest absolute Gasteiger partial charge is 0.254 e. The molecule has 7 nitrogen and oxygen atoms in total. The number of aromatic amines is 1. The van der Waals surface area contributed by atoms with Crippen molar-refractivity contribution < 1.29 is 14.3 Å². The van der Waals surface area contributed by atoms with Crippen LogP contribution >= 0.6 is 0 Å². The molecule has 2 aliphatic heterocycles. The molecule has 0 spiro atoms. The standard InChI is InChI=1S/C25H29N3O4/c1-32-19-7-5-16(6-8-19)20-15-28(25(31)17-3-2-4-17)22-10-12-27(14-21(20)22)24(30)18-9-11-26-23(29)13-18/h5-9,11,13,17,20-22H,2-4,10,12,14-15H2,1H3,(H,26,29)/t20-,21-,22-/m0/s1. The van der Waals surface area contributed by atoms with E-state index in [0.29, 0.717) is 25.2 Å². The summed E-state index contributed by atoms with van der Waals surface area (Å²) in [6.07, 6.45) is 5.40. The maximum atomic E-state index is 13.2. The van der Waals surface area contributed by atoms with Gasteiger partial charge in [-0.1, -0.05) is 18.6 Å². The number of nitrogens with zero attached hydrogens (tertiary/aromatic N) is 2. The zero-order chi connectivity index (χ0) is 22.2. The molecule has 1 aromatic heterocycles. The number of ether oxygens (including phenoxy) is 1. The molecule has 0 unspecified atom stereocenters. The van der Waals surface area contributed by atoms with Crippen LogP contribution in [0.2, 0.25) is 0 Å². The van der Waals surface area contributed by atoms with Crippen LogP contribution in [0.1, 0.15) is 47.5 Å². The lowest BCUT2D eigenvalue weighted by Gasteiger charge is -2.40. The van der Waals surface area contributed by atoms with Crippen molar-refractivity contribution in [3.05, 3.63) is 64.1 Å². The number of aromatic nitrogens is 1. The minimum atomic E-state index is -0.278. The molecule has 3 atom stereocenters. The fraction of sp³-hybridized carbons (Fsp3) is 0.480. The Morgan fingerprint density at radius 3 is 2.50 bits per heavy atom. The molecular weight excluding hydrogens is 406 g/mol. The average molecular weight is 436 g/mol. The van der Waals surface area contributed by atoms with Gasteiger partial charge in [0.25, 0.3) is 5.91 Å². The molecular formula is C25H29N3O4. The normalized spacial score (nSPS) is 25.2. The van der Waals surface area contributed by atoms with E-state index in [0.717, 1.165) is 31.4 Å². The lowest BCUT2D eigenvalue weighted by atomic mass is 9.81. The lowest BCUT2D eigenvalue weighted by Crippen LogP contribution is -2.51. The van der Waals surface area contributed by atoms with E-state index in [1.807, 2.05) is 17.0 Å². The second kappa shape index (κ2) is 8.45. The fourth-order valence-electron chi connectivity index (χ4n) is 5.53. The highest BCUT2D eigenvalue weighted by Crippen LogP contribution is 2.44. The van der Waals surface area contributed by atoms with Crippen LogP contribution in [0.25, 0.3) is 0 Å². The highest BCUT2D eigenvalue weighted by atomic mass is 16.5. The maximum Gasteiger partial charge on any atom is 0.254 e. The van der Waals surface area contributed by atoms with Gasteiger partial charge >= 0.3 is 0 Å². The minimum Gasteiger partial charge on any atom is -0.497 e. The molecule has 0 radical (unpaired) electrons. The molecule has 1 N–H and O–H groups in total. The number of amides is 2. The predicted octanol–water partition coefficient (Wildman–Crippen LogP) is 2.64. The number of methoxy groups -OCH3 is 1. The van der Waals surface area contributed by atoms with Gasteiger partial charge in [0.1, 0.15) is 5.75 Å². The summed E-state index contributed by atoms with van der Waals surface area (Å²) >= 11 is 0. The van der Waals surface area contributed by atoms with Crippen LogP contribution in [0.15, 0.2) is 47.4 Å². The van der Waals surface area contributed by atoms with Gasteiger partial charge in [0.05, 0.1) is 7.11 Å². The number of hydrogen-bond acceptors (Lipinski definition) is 4. The van der Waals surface area contributed by atoms with Crippen LogP contribution in [0.5, 0.6) is 5.75 Å². The third-order valence-electron chi connectivity index (χ3n) is 7.52. The molecule has 1 aromatic carbocycles. The average Bonchev–Trinajstić information content (AvgIpc) is 3.16. The Hall–Kier alpha value is -3.09. The number of rotatable bonds is 4. The maximum absolute atomic E-state index is 13.2. The largest absolute Gasteiger partial charge is 0.497 e. The molecule has 168 valence electrons. The van der Waals surface area contributed by atoms with Crippen molar-refractivity contribution >= 4 is 11.8 Å². The van der Waals surface area contributed by atoms with E-state index in [4.69, 9.17) is 4.74 Å². The molecule has 7 heteroatoms. The second-order valence-corrected chi connectivity index (χ2v) is 9.21. The number of likely N-dealkylation sites (tertiary alicyclic amines) is 2. The van der Waals surface area contributed by atoms with Crippen molar-refractivity contribution in [3.8, 4) is 5.75 Å². The van der Waals surface area contributed by atoms with E-state index in [9.17, 15) is 14.4 Å². The molecule has 3 heterocycles. The van der Waals surface area contributed by atoms with E-state index < -0.39 is 0 Å². The predicted molar refractivity (Wildman–Crippen MR) is 120 cm³/mol. The molecule has 5 rings (SSSR count). The van der Waals surface area contributed by atoms with E-state index in [2.05, 4.69) is 22.0 Å². The van der Waals surface area contributed by atoms with Crippen LogP contribution in [-0.2, 0) is 4.79 Å². The van der Waals surface area contributed by atoms with E-state index in [1.165, 1.54) is 17.8 Å². The number of hydrogen-bond donors (Lipinski definition) is 1. The van der Waals surface area contributed by atoms with Gasteiger partial charge in [-0.15, -0.1) is 0 Å². The van der Waals surface area contributed by atoms with E-state index in [1.54, 1.807) is 13.2 Å². The molecule has 0 bridgehead atoms. The summed E-state index contributed by atoms with van der Waals surface area (Å²) in [5.41, 5.74) is 1.31.